The molecule has 2 aromatic rings. The van der Waals surface area contributed by atoms with Crippen molar-refractivity contribution in [1.29, 1.82) is 0 Å². The van der Waals surface area contributed by atoms with Crippen LogP contribution in [0.15, 0.2) is 24.3 Å². The van der Waals surface area contributed by atoms with Crippen LogP contribution in [0.5, 0.6) is 5.75 Å². The van der Waals surface area contributed by atoms with Gasteiger partial charge in [0.2, 0.25) is 0 Å². The molecule has 3 nitrogen and oxygen atoms in total. The Balaban J connectivity index is 2.23. The Bertz CT molecular complexity index is 805. The van der Waals surface area contributed by atoms with E-state index < -0.39 is 6.10 Å². The Kier molecular flexibility index (Phi) is 5.11. The first-order valence-corrected chi connectivity index (χ1v) is 9.93. The van der Waals surface area contributed by atoms with E-state index in [4.69, 9.17) is 9.72 Å². The number of aliphatic hydroxyl groups is 1. The zero-order valence-electron chi connectivity index (χ0n) is 17.8. The van der Waals surface area contributed by atoms with Crippen molar-refractivity contribution in [3.8, 4) is 17.0 Å². The summed E-state index contributed by atoms with van der Waals surface area (Å²) in [5, 5.41) is 10.4. The molecule has 1 N–H and O–H groups in total. The van der Waals surface area contributed by atoms with Crippen LogP contribution in [0.1, 0.15) is 82.9 Å². The van der Waals surface area contributed by atoms with Gasteiger partial charge in [0.25, 0.3) is 0 Å². The van der Waals surface area contributed by atoms with Crippen LogP contribution in [0.2, 0.25) is 0 Å². The first kappa shape index (κ1) is 19.9. The van der Waals surface area contributed by atoms with E-state index in [1.165, 1.54) is 16.7 Å². The lowest BCUT2D eigenvalue weighted by Crippen LogP contribution is -2.19. The summed E-state index contributed by atoms with van der Waals surface area (Å²) in [5.41, 5.74) is 6.33. The number of benzene rings is 1. The van der Waals surface area contributed by atoms with Crippen LogP contribution in [0, 0.1) is 0 Å². The first-order chi connectivity index (χ1) is 12.5. The van der Waals surface area contributed by atoms with E-state index in [0.29, 0.717) is 0 Å². The highest BCUT2D eigenvalue weighted by molar-refractivity contribution is 5.67. The molecule has 0 bridgehead atoms. The predicted molar refractivity (Wildman–Crippen MR) is 112 cm³/mol. The van der Waals surface area contributed by atoms with Crippen LogP contribution >= 0.6 is 0 Å². The maximum Gasteiger partial charge on any atom is 0.126 e. The molecule has 0 saturated carbocycles. The van der Waals surface area contributed by atoms with Crippen molar-refractivity contribution in [1.82, 2.24) is 4.98 Å². The van der Waals surface area contributed by atoms with Gasteiger partial charge in [-0.05, 0) is 53.9 Å². The Labute approximate surface area is 163 Å². The average Bonchev–Trinajstić information content (AvgIpc) is 2.59. The summed E-state index contributed by atoms with van der Waals surface area (Å²) in [6, 6.07) is 8.64. The number of fused-ring (bicyclic) bond motifs is 1. The molecule has 0 unspecified atom stereocenters. The molecule has 27 heavy (non-hydrogen) atoms. The molecule has 1 atom stereocenters. The number of pyridine rings is 1. The fourth-order valence-electron chi connectivity index (χ4n) is 3.90. The van der Waals surface area contributed by atoms with Gasteiger partial charge < -0.3 is 9.84 Å². The van der Waals surface area contributed by atoms with E-state index >= 15 is 0 Å². The summed E-state index contributed by atoms with van der Waals surface area (Å²) in [6.07, 6.45) is 2.38. The normalized spacial score (nSPS) is 17.6. The van der Waals surface area contributed by atoms with Crippen molar-refractivity contribution in [2.45, 2.75) is 77.7 Å². The lowest BCUT2D eigenvalue weighted by molar-refractivity contribution is 0.151. The lowest BCUT2D eigenvalue weighted by atomic mass is 9.78. The minimum absolute atomic E-state index is 0.0466. The number of ether oxygens (including phenoxy) is 1. The SMILES string of the molecule is COc1c(C(C)(C)C)cc(-c2ccc3c(n2)[C@@H](O)CCC3)cc1C(C)(C)C. The number of aliphatic hydroxyl groups excluding tert-OH is 1. The van der Waals surface area contributed by atoms with Gasteiger partial charge in [-0.3, -0.25) is 0 Å². The second-order valence-electron chi connectivity index (χ2n) is 9.75. The molecular weight excluding hydrogens is 334 g/mol. The molecule has 3 heteroatoms. The largest absolute Gasteiger partial charge is 0.496 e. The van der Waals surface area contributed by atoms with E-state index in [0.717, 1.165) is 42.0 Å². The average molecular weight is 368 g/mol. The molecule has 146 valence electrons. The van der Waals surface area contributed by atoms with E-state index in [2.05, 4.69) is 65.8 Å². The van der Waals surface area contributed by atoms with Crippen LogP contribution < -0.4 is 4.74 Å². The molecule has 3 rings (SSSR count). The first-order valence-electron chi connectivity index (χ1n) is 9.93. The number of aromatic nitrogens is 1. The Hall–Kier alpha value is -1.87. The van der Waals surface area contributed by atoms with Crippen molar-refractivity contribution in [3.05, 3.63) is 46.6 Å². The summed E-state index contributed by atoms with van der Waals surface area (Å²) in [4.78, 5) is 4.88. The number of methoxy groups -OCH3 is 1. The maximum atomic E-state index is 10.4. The zero-order chi connectivity index (χ0) is 20.0. The molecule has 1 aliphatic rings. The van der Waals surface area contributed by atoms with Crippen LogP contribution in [0.25, 0.3) is 11.3 Å². The molecule has 1 heterocycles. The second kappa shape index (κ2) is 6.94. The highest BCUT2D eigenvalue weighted by Gasteiger charge is 2.28. The standard InChI is InChI=1S/C24H33NO2/c1-23(2,3)17-13-16(14-18(22(17)27-7)24(4,5)6)19-12-11-15-9-8-10-20(26)21(15)25-19/h11-14,20,26H,8-10H2,1-7H3/t20-/m0/s1. The third kappa shape index (κ3) is 3.89. The summed E-state index contributed by atoms with van der Waals surface area (Å²) in [6.45, 7) is 13.3. The highest BCUT2D eigenvalue weighted by Crippen LogP contribution is 2.42. The molecule has 0 saturated heterocycles. The quantitative estimate of drug-likeness (QED) is 0.738. The fourth-order valence-corrected chi connectivity index (χ4v) is 3.90. The van der Waals surface area contributed by atoms with E-state index in [9.17, 15) is 5.11 Å². The number of aryl methyl sites for hydroxylation is 1. The summed E-state index contributed by atoms with van der Waals surface area (Å²) in [7, 11) is 1.76. The molecule has 0 fully saturated rings. The molecule has 0 aliphatic heterocycles. The van der Waals surface area contributed by atoms with Crippen LogP contribution in [-0.2, 0) is 17.3 Å². The minimum atomic E-state index is -0.448. The summed E-state index contributed by atoms with van der Waals surface area (Å²) in [5.74, 6) is 0.969. The van der Waals surface area contributed by atoms with E-state index in [1.807, 2.05) is 0 Å². The van der Waals surface area contributed by atoms with Gasteiger partial charge in [0.1, 0.15) is 5.75 Å². The summed E-state index contributed by atoms with van der Waals surface area (Å²) < 4.78 is 5.87. The van der Waals surface area contributed by atoms with E-state index in [-0.39, 0.29) is 10.8 Å². The second-order valence-corrected chi connectivity index (χ2v) is 9.75. The molecule has 0 radical (unpaired) electrons. The van der Waals surface area contributed by atoms with Crippen molar-refractivity contribution in [2.24, 2.45) is 0 Å². The Morgan fingerprint density at radius 3 is 2.11 bits per heavy atom. The minimum Gasteiger partial charge on any atom is -0.496 e. The van der Waals surface area contributed by atoms with E-state index in [1.54, 1.807) is 7.11 Å². The van der Waals surface area contributed by atoms with Gasteiger partial charge in [-0.2, -0.15) is 0 Å². The van der Waals surface area contributed by atoms with Gasteiger partial charge in [0.05, 0.1) is 24.6 Å². The molecule has 0 spiro atoms. The van der Waals surface area contributed by atoms with Crippen molar-refractivity contribution in [2.75, 3.05) is 7.11 Å². The zero-order valence-corrected chi connectivity index (χ0v) is 17.8. The summed E-state index contributed by atoms with van der Waals surface area (Å²) >= 11 is 0. The number of nitrogens with zero attached hydrogens (tertiary/aromatic N) is 1. The molecule has 1 aromatic carbocycles. The molecule has 1 aromatic heterocycles. The number of hydrogen-bond donors (Lipinski definition) is 1. The fraction of sp³-hybridized carbons (Fsp3) is 0.542. The lowest BCUT2D eigenvalue weighted by Gasteiger charge is -2.30. The van der Waals surface area contributed by atoms with Gasteiger partial charge in [0, 0.05) is 16.7 Å². The number of rotatable bonds is 2. The third-order valence-electron chi connectivity index (χ3n) is 5.46. The smallest absolute Gasteiger partial charge is 0.126 e. The van der Waals surface area contributed by atoms with Gasteiger partial charge in [-0.25, -0.2) is 4.98 Å². The number of hydrogen-bond acceptors (Lipinski definition) is 3. The highest BCUT2D eigenvalue weighted by atomic mass is 16.5. The molecular formula is C24H33NO2. The molecule has 0 amide bonds. The van der Waals surface area contributed by atoms with Crippen molar-refractivity contribution < 1.29 is 9.84 Å². The van der Waals surface area contributed by atoms with Crippen molar-refractivity contribution in [3.63, 3.8) is 0 Å². The Morgan fingerprint density at radius 1 is 1.00 bits per heavy atom. The predicted octanol–water partition coefficient (Wildman–Crippen LogP) is 5.72. The topological polar surface area (TPSA) is 42.4 Å². The van der Waals surface area contributed by atoms with Crippen LogP contribution in [-0.4, -0.2) is 17.2 Å². The van der Waals surface area contributed by atoms with Crippen LogP contribution in [0.3, 0.4) is 0 Å². The maximum absolute atomic E-state index is 10.4. The van der Waals surface area contributed by atoms with Gasteiger partial charge in [-0.15, -0.1) is 0 Å². The Morgan fingerprint density at radius 2 is 1.59 bits per heavy atom. The van der Waals surface area contributed by atoms with Gasteiger partial charge in [-0.1, -0.05) is 47.6 Å². The van der Waals surface area contributed by atoms with Gasteiger partial charge in [0.15, 0.2) is 0 Å². The van der Waals surface area contributed by atoms with Crippen molar-refractivity contribution >= 4 is 0 Å². The third-order valence-corrected chi connectivity index (χ3v) is 5.46. The molecule has 1 aliphatic carbocycles. The van der Waals surface area contributed by atoms with Crippen LogP contribution in [0.4, 0.5) is 0 Å². The monoisotopic (exact) mass is 367 g/mol. The van der Waals surface area contributed by atoms with Gasteiger partial charge >= 0.3 is 0 Å².